The van der Waals surface area contributed by atoms with Gasteiger partial charge in [0.1, 0.15) is 12.6 Å². The van der Waals surface area contributed by atoms with Crippen LogP contribution in [0.15, 0.2) is 24.3 Å². The summed E-state index contributed by atoms with van der Waals surface area (Å²) in [5.41, 5.74) is 8.07. The third kappa shape index (κ3) is 2.23. The van der Waals surface area contributed by atoms with E-state index in [1.54, 1.807) is 0 Å². The highest BCUT2D eigenvalue weighted by atomic mass is 16.5. The highest BCUT2D eigenvalue weighted by molar-refractivity contribution is 5.77. The van der Waals surface area contributed by atoms with Crippen LogP contribution in [0.25, 0.3) is 0 Å². The maximum atomic E-state index is 11.5. The molecule has 1 aromatic rings. The lowest BCUT2D eigenvalue weighted by atomic mass is 9.99. The molecule has 1 fully saturated rings. The zero-order valence-corrected chi connectivity index (χ0v) is 9.27. The summed E-state index contributed by atoms with van der Waals surface area (Å²) in [6.07, 6.45) is 0. The molecule has 2 rings (SSSR count). The fourth-order valence-corrected chi connectivity index (χ4v) is 1.82. The van der Waals surface area contributed by atoms with Crippen molar-refractivity contribution in [3.05, 3.63) is 35.4 Å². The van der Waals surface area contributed by atoms with Gasteiger partial charge in [-0.05, 0) is 12.5 Å². The molecule has 0 spiro atoms. The van der Waals surface area contributed by atoms with Gasteiger partial charge in [-0.15, -0.1) is 0 Å². The Morgan fingerprint density at radius 3 is 2.75 bits per heavy atom. The number of ether oxygens (including phenoxy) is 1. The van der Waals surface area contributed by atoms with Gasteiger partial charge in [0.05, 0.1) is 6.04 Å². The molecule has 0 aromatic heterocycles. The number of carbonyl (C=O) groups excluding carboxylic acids is 1. The summed E-state index contributed by atoms with van der Waals surface area (Å²) in [6, 6.07) is 7.22. The van der Waals surface area contributed by atoms with E-state index >= 15 is 0 Å². The van der Waals surface area contributed by atoms with E-state index in [4.69, 9.17) is 10.5 Å². The molecule has 4 heteroatoms. The minimum atomic E-state index is -0.634. The smallest absolute Gasteiger partial charge is 0.324 e. The molecule has 16 heavy (non-hydrogen) atoms. The van der Waals surface area contributed by atoms with Crippen LogP contribution in [0, 0.1) is 6.92 Å². The van der Waals surface area contributed by atoms with Crippen LogP contribution in [-0.2, 0) is 9.53 Å². The number of carbonyl (C=O) groups is 1. The Hall–Kier alpha value is -1.39. The molecule has 3 N–H and O–H groups in total. The summed E-state index contributed by atoms with van der Waals surface area (Å²) in [7, 11) is 0. The number of nitrogens with two attached hydrogens (primary N) is 1. The third-order valence-corrected chi connectivity index (χ3v) is 2.78. The molecule has 1 saturated heterocycles. The molecular formula is C12H16N2O2. The van der Waals surface area contributed by atoms with E-state index in [-0.39, 0.29) is 12.0 Å². The Balaban J connectivity index is 2.23. The molecule has 0 radical (unpaired) electrons. The second-order valence-electron chi connectivity index (χ2n) is 4.04. The first-order valence-corrected chi connectivity index (χ1v) is 5.40. The molecule has 1 heterocycles. The Labute approximate surface area is 94.8 Å². The van der Waals surface area contributed by atoms with Crippen molar-refractivity contribution in [2.45, 2.75) is 19.0 Å². The largest absolute Gasteiger partial charge is 0.463 e. The van der Waals surface area contributed by atoms with E-state index in [1.807, 2.05) is 31.2 Å². The zero-order valence-electron chi connectivity index (χ0n) is 9.27. The SMILES string of the molecule is Cc1ccc([C@H]2NCCOC(=O)[C@H]2N)cc1. The van der Waals surface area contributed by atoms with Crippen LogP contribution >= 0.6 is 0 Å². The summed E-state index contributed by atoms with van der Waals surface area (Å²) in [6.45, 7) is 3.05. The van der Waals surface area contributed by atoms with Crippen molar-refractivity contribution in [2.24, 2.45) is 5.73 Å². The lowest BCUT2D eigenvalue weighted by molar-refractivity contribution is -0.144. The van der Waals surface area contributed by atoms with Crippen LogP contribution in [0.3, 0.4) is 0 Å². The van der Waals surface area contributed by atoms with E-state index < -0.39 is 6.04 Å². The molecule has 0 aliphatic carbocycles. The normalized spacial score (nSPS) is 26.0. The fraction of sp³-hybridized carbons (Fsp3) is 0.417. The predicted octanol–water partition coefficient (Wildman–Crippen LogP) is 0.510. The maximum Gasteiger partial charge on any atom is 0.324 e. The van der Waals surface area contributed by atoms with Gasteiger partial charge in [0, 0.05) is 6.54 Å². The van der Waals surface area contributed by atoms with Crippen molar-refractivity contribution < 1.29 is 9.53 Å². The average Bonchev–Trinajstić information content (AvgIpc) is 2.44. The van der Waals surface area contributed by atoms with Gasteiger partial charge < -0.3 is 15.8 Å². The summed E-state index contributed by atoms with van der Waals surface area (Å²) in [4.78, 5) is 11.5. The number of nitrogens with one attached hydrogen (secondary N) is 1. The maximum absolute atomic E-state index is 11.5. The lowest BCUT2D eigenvalue weighted by Gasteiger charge is -2.20. The van der Waals surface area contributed by atoms with Crippen LogP contribution in [0.1, 0.15) is 17.2 Å². The first kappa shape index (κ1) is 11.1. The standard InChI is InChI=1S/C12H16N2O2/c1-8-2-4-9(5-3-8)11-10(13)12(15)16-7-6-14-11/h2-5,10-11,14H,6-7,13H2,1H3/t10-,11+/m0/s1. The minimum absolute atomic E-state index is 0.157. The zero-order chi connectivity index (χ0) is 11.5. The van der Waals surface area contributed by atoms with Gasteiger partial charge in [-0.3, -0.25) is 4.79 Å². The molecule has 4 nitrogen and oxygen atoms in total. The molecule has 1 aromatic carbocycles. The number of hydrogen-bond donors (Lipinski definition) is 2. The number of esters is 1. The van der Waals surface area contributed by atoms with Crippen LogP contribution in [0.4, 0.5) is 0 Å². The summed E-state index contributed by atoms with van der Waals surface area (Å²) < 4.78 is 4.96. The summed E-state index contributed by atoms with van der Waals surface area (Å²) >= 11 is 0. The monoisotopic (exact) mass is 220 g/mol. The van der Waals surface area contributed by atoms with Crippen molar-refractivity contribution in [3.63, 3.8) is 0 Å². The average molecular weight is 220 g/mol. The van der Waals surface area contributed by atoms with E-state index in [9.17, 15) is 4.79 Å². The van der Waals surface area contributed by atoms with Crippen LogP contribution < -0.4 is 11.1 Å². The van der Waals surface area contributed by atoms with Crippen molar-refractivity contribution in [1.82, 2.24) is 5.32 Å². The Morgan fingerprint density at radius 1 is 1.38 bits per heavy atom. The summed E-state index contributed by atoms with van der Waals surface area (Å²) in [5, 5.41) is 3.23. The second-order valence-corrected chi connectivity index (χ2v) is 4.04. The summed E-state index contributed by atoms with van der Waals surface area (Å²) in [5.74, 6) is -0.337. The number of benzene rings is 1. The highest BCUT2D eigenvalue weighted by Crippen LogP contribution is 2.18. The number of rotatable bonds is 1. The van der Waals surface area contributed by atoms with Gasteiger partial charge in [-0.2, -0.15) is 0 Å². The third-order valence-electron chi connectivity index (χ3n) is 2.78. The number of aryl methyl sites for hydroxylation is 1. The minimum Gasteiger partial charge on any atom is -0.463 e. The molecular weight excluding hydrogens is 204 g/mol. The van der Waals surface area contributed by atoms with Gasteiger partial charge in [0.15, 0.2) is 0 Å². The van der Waals surface area contributed by atoms with E-state index in [0.717, 1.165) is 5.56 Å². The van der Waals surface area contributed by atoms with E-state index in [1.165, 1.54) is 5.56 Å². The molecule has 0 bridgehead atoms. The van der Waals surface area contributed by atoms with Crippen molar-refractivity contribution in [3.8, 4) is 0 Å². The molecule has 0 saturated carbocycles. The predicted molar refractivity (Wildman–Crippen MR) is 60.9 cm³/mol. The second kappa shape index (κ2) is 4.63. The molecule has 1 aliphatic rings. The van der Waals surface area contributed by atoms with Gasteiger partial charge in [-0.1, -0.05) is 29.8 Å². The van der Waals surface area contributed by atoms with Crippen LogP contribution in [0.5, 0.6) is 0 Å². The van der Waals surface area contributed by atoms with Crippen molar-refractivity contribution in [1.29, 1.82) is 0 Å². The van der Waals surface area contributed by atoms with Crippen LogP contribution in [-0.4, -0.2) is 25.2 Å². The topological polar surface area (TPSA) is 64.3 Å². The lowest BCUT2D eigenvalue weighted by Crippen LogP contribution is -2.41. The number of hydrogen-bond acceptors (Lipinski definition) is 4. The van der Waals surface area contributed by atoms with Crippen molar-refractivity contribution in [2.75, 3.05) is 13.2 Å². The Morgan fingerprint density at radius 2 is 2.06 bits per heavy atom. The van der Waals surface area contributed by atoms with Crippen molar-refractivity contribution >= 4 is 5.97 Å². The quantitative estimate of drug-likeness (QED) is 0.677. The highest BCUT2D eigenvalue weighted by Gasteiger charge is 2.29. The molecule has 86 valence electrons. The Bertz CT molecular complexity index is 375. The Kier molecular flexibility index (Phi) is 3.22. The molecule has 0 unspecified atom stereocenters. The van der Waals surface area contributed by atoms with Gasteiger partial charge in [0.25, 0.3) is 0 Å². The van der Waals surface area contributed by atoms with Gasteiger partial charge in [0.2, 0.25) is 0 Å². The molecule has 1 aliphatic heterocycles. The van der Waals surface area contributed by atoms with Gasteiger partial charge >= 0.3 is 5.97 Å². The van der Waals surface area contributed by atoms with Crippen LogP contribution in [0.2, 0.25) is 0 Å². The number of cyclic esters (lactones) is 1. The van der Waals surface area contributed by atoms with E-state index in [0.29, 0.717) is 13.2 Å². The molecule has 0 amide bonds. The fourth-order valence-electron chi connectivity index (χ4n) is 1.82. The van der Waals surface area contributed by atoms with Gasteiger partial charge in [-0.25, -0.2) is 0 Å². The molecule has 2 atom stereocenters. The van der Waals surface area contributed by atoms with E-state index in [2.05, 4.69) is 5.32 Å². The first-order chi connectivity index (χ1) is 7.68. The first-order valence-electron chi connectivity index (χ1n) is 5.40.